The standard InChI is InChI=1S/C45H82IN5O9S2/c1-14-18-21-45(13,46)31-28-35(53)51(39(31)58)33(29-47)38(57)48-32(30-61-62-40(5,6)7)37(56)50-43(11,16-3)24-26-59-41(8,9)22-19-34(52)49-42(10,15-2)25-27-60-44(12,17-4)23-20-36(54)55/h31-33H,14-30,47H2,1-13H3,(H,48,57)(H,49,52)(H,50,56)(H,54,55). The van der Waals surface area contributed by atoms with E-state index in [2.05, 4.69) is 66.2 Å². The first-order valence-electron chi connectivity index (χ1n) is 22.5. The first-order chi connectivity index (χ1) is 28.5. The Hall–Kier alpha value is -1.67. The summed E-state index contributed by atoms with van der Waals surface area (Å²) < 4.78 is 11.9. The van der Waals surface area contributed by atoms with E-state index in [-0.39, 0.29) is 42.2 Å². The van der Waals surface area contributed by atoms with Gasteiger partial charge in [-0.3, -0.25) is 33.7 Å². The van der Waals surface area contributed by atoms with Crippen LogP contribution in [0, 0.1) is 5.92 Å². The lowest BCUT2D eigenvalue weighted by Crippen LogP contribution is -2.60. The van der Waals surface area contributed by atoms with Crippen LogP contribution in [0.25, 0.3) is 0 Å². The van der Waals surface area contributed by atoms with Crippen molar-refractivity contribution >= 4 is 79.7 Å². The second kappa shape index (κ2) is 25.9. The van der Waals surface area contributed by atoms with Gasteiger partial charge in [0.25, 0.3) is 0 Å². The van der Waals surface area contributed by atoms with E-state index in [1.165, 1.54) is 10.8 Å². The van der Waals surface area contributed by atoms with Gasteiger partial charge in [0.05, 0.1) is 17.1 Å². The number of amides is 5. The van der Waals surface area contributed by atoms with Crippen molar-refractivity contribution < 1.29 is 43.3 Å². The summed E-state index contributed by atoms with van der Waals surface area (Å²) in [7, 11) is 3.04. The molecule has 0 radical (unpaired) electrons. The smallest absolute Gasteiger partial charge is 0.303 e. The Morgan fingerprint density at radius 2 is 1.40 bits per heavy atom. The number of hydrogen-bond donors (Lipinski definition) is 5. The average Bonchev–Trinajstić information content (AvgIpc) is 3.48. The Morgan fingerprint density at radius 1 is 0.823 bits per heavy atom. The third-order valence-electron chi connectivity index (χ3n) is 12.2. The van der Waals surface area contributed by atoms with Gasteiger partial charge in [0, 0.05) is 64.0 Å². The summed E-state index contributed by atoms with van der Waals surface area (Å²) in [5.74, 6) is -3.14. The summed E-state index contributed by atoms with van der Waals surface area (Å²) in [4.78, 5) is 80.3. The van der Waals surface area contributed by atoms with Gasteiger partial charge < -0.3 is 36.3 Å². The van der Waals surface area contributed by atoms with E-state index in [1.54, 1.807) is 10.8 Å². The topological polar surface area (TPSA) is 206 Å². The first kappa shape index (κ1) is 58.3. The van der Waals surface area contributed by atoms with Crippen LogP contribution in [0.3, 0.4) is 0 Å². The molecular formula is C45H82IN5O9S2. The lowest BCUT2D eigenvalue weighted by molar-refractivity contribution is -0.147. The molecule has 1 rings (SSSR count). The number of carbonyl (C=O) groups is 6. The molecule has 0 aliphatic carbocycles. The molecule has 7 atom stereocenters. The van der Waals surface area contributed by atoms with Crippen LogP contribution in [-0.2, 0) is 38.2 Å². The number of carboxylic acid groups (broad SMARTS) is 1. The fourth-order valence-electron chi connectivity index (χ4n) is 6.93. The number of imide groups is 1. The number of ether oxygens (including phenoxy) is 2. The summed E-state index contributed by atoms with van der Waals surface area (Å²) in [5.41, 5.74) is 3.71. The van der Waals surface area contributed by atoms with Crippen LogP contribution in [-0.4, -0.2) is 114 Å². The van der Waals surface area contributed by atoms with Crippen molar-refractivity contribution in [1.82, 2.24) is 20.9 Å². The number of likely N-dealkylation sites (tertiary alicyclic amines) is 1. The van der Waals surface area contributed by atoms with E-state index in [0.29, 0.717) is 58.2 Å². The number of nitrogens with one attached hydrogen (secondary N) is 3. The van der Waals surface area contributed by atoms with Crippen LogP contribution in [0.5, 0.6) is 0 Å². The fourth-order valence-corrected chi connectivity index (χ4v) is 10.3. The number of unbranched alkanes of at least 4 members (excludes halogenated alkanes) is 1. The third kappa shape index (κ3) is 20.2. The van der Waals surface area contributed by atoms with Gasteiger partial charge in [0.2, 0.25) is 29.5 Å². The zero-order valence-corrected chi connectivity index (χ0v) is 44.0. The highest BCUT2D eigenvalue weighted by Crippen LogP contribution is 2.41. The maximum atomic E-state index is 14.1. The largest absolute Gasteiger partial charge is 0.481 e. The SMILES string of the molecule is CCCCC(C)(I)C1CC(=O)N(C(CN)C(=O)NC(CSSC(C)(C)C)C(=O)NC(C)(CC)CCOC(C)(C)CCC(=O)NC(C)(CC)CCOC(C)(CC)CCC(=O)O)C1=O. The van der Waals surface area contributed by atoms with Gasteiger partial charge in [-0.05, 0) is 92.9 Å². The van der Waals surface area contributed by atoms with Crippen LogP contribution in [0.1, 0.15) is 173 Å². The van der Waals surface area contributed by atoms with E-state index < -0.39 is 73.3 Å². The van der Waals surface area contributed by atoms with Crippen LogP contribution in [0.15, 0.2) is 0 Å². The molecule has 0 aromatic carbocycles. The van der Waals surface area contributed by atoms with Crippen molar-refractivity contribution in [3.63, 3.8) is 0 Å². The predicted octanol–water partition coefficient (Wildman–Crippen LogP) is 7.71. The molecule has 1 fully saturated rings. The Bertz CT molecular complexity index is 1500. The van der Waals surface area contributed by atoms with Crippen LogP contribution in [0.4, 0.5) is 0 Å². The van der Waals surface area contributed by atoms with Crippen molar-refractivity contribution in [2.75, 3.05) is 25.5 Å². The van der Waals surface area contributed by atoms with Crippen LogP contribution in [0.2, 0.25) is 0 Å². The second-order valence-corrected chi connectivity index (χ2v) is 25.2. The number of carboxylic acids is 1. The fraction of sp³-hybridized carbons (Fsp3) is 0.867. The molecule has 14 nitrogen and oxygen atoms in total. The molecular weight excluding hydrogens is 946 g/mol. The van der Waals surface area contributed by atoms with Crippen molar-refractivity contribution in [2.45, 2.75) is 216 Å². The minimum Gasteiger partial charge on any atom is -0.481 e. The van der Waals surface area contributed by atoms with E-state index in [4.69, 9.17) is 20.3 Å². The molecule has 62 heavy (non-hydrogen) atoms. The molecule has 17 heteroatoms. The molecule has 1 heterocycles. The molecule has 0 aromatic rings. The summed E-state index contributed by atoms with van der Waals surface area (Å²) in [6.07, 6.45) is 6.82. The van der Waals surface area contributed by atoms with E-state index in [1.807, 2.05) is 62.3 Å². The minimum atomic E-state index is -1.24. The quantitative estimate of drug-likeness (QED) is 0.0196. The summed E-state index contributed by atoms with van der Waals surface area (Å²) in [6.45, 7) is 26.3. The Labute approximate surface area is 394 Å². The predicted molar refractivity (Wildman–Crippen MR) is 260 cm³/mol. The molecule has 0 spiro atoms. The highest BCUT2D eigenvalue weighted by Gasteiger charge is 2.51. The number of halogens is 1. The molecule has 0 bridgehead atoms. The molecule has 6 N–H and O–H groups in total. The average molecular weight is 1030 g/mol. The number of aliphatic carboxylic acids is 1. The summed E-state index contributed by atoms with van der Waals surface area (Å²) in [5, 5.41) is 18.3. The van der Waals surface area contributed by atoms with Gasteiger partial charge in [-0.15, -0.1) is 0 Å². The summed E-state index contributed by atoms with van der Waals surface area (Å²) in [6, 6.07) is -2.22. The lowest BCUT2D eigenvalue weighted by atomic mass is 9.88. The maximum Gasteiger partial charge on any atom is 0.303 e. The maximum absolute atomic E-state index is 14.1. The number of nitrogens with zero attached hydrogens (tertiary/aromatic N) is 1. The van der Waals surface area contributed by atoms with E-state index in [0.717, 1.165) is 24.2 Å². The summed E-state index contributed by atoms with van der Waals surface area (Å²) >= 11 is 2.26. The van der Waals surface area contributed by atoms with Crippen LogP contribution < -0.4 is 21.7 Å². The highest BCUT2D eigenvalue weighted by molar-refractivity contribution is 14.1. The van der Waals surface area contributed by atoms with Crippen molar-refractivity contribution in [2.24, 2.45) is 11.7 Å². The molecule has 1 saturated heterocycles. The normalized spacial score (nSPS) is 19.7. The van der Waals surface area contributed by atoms with Gasteiger partial charge in [-0.2, -0.15) is 0 Å². The van der Waals surface area contributed by atoms with Gasteiger partial charge in [-0.1, -0.05) is 105 Å². The monoisotopic (exact) mass is 1030 g/mol. The first-order valence-corrected chi connectivity index (χ1v) is 25.9. The molecule has 0 aromatic heterocycles. The van der Waals surface area contributed by atoms with Gasteiger partial charge in [0.15, 0.2) is 0 Å². The zero-order chi connectivity index (χ0) is 47.7. The third-order valence-corrected chi connectivity index (χ3v) is 16.8. The van der Waals surface area contributed by atoms with Crippen LogP contribution >= 0.6 is 44.2 Å². The van der Waals surface area contributed by atoms with E-state index >= 15 is 0 Å². The Morgan fingerprint density at radius 3 is 1.92 bits per heavy atom. The Balaban J connectivity index is 2.96. The number of hydrogen-bond acceptors (Lipinski definition) is 11. The molecule has 1 aliphatic rings. The van der Waals surface area contributed by atoms with Gasteiger partial charge in [0.1, 0.15) is 12.1 Å². The van der Waals surface area contributed by atoms with Gasteiger partial charge >= 0.3 is 5.97 Å². The lowest BCUT2D eigenvalue weighted by Gasteiger charge is -2.35. The molecule has 360 valence electrons. The molecule has 1 aliphatic heterocycles. The number of rotatable bonds is 31. The minimum absolute atomic E-state index is 0.0154. The van der Waals surface area contributed by atoms with Crippen molar-refractivity contribution in [1.29, 1.82) is 0 Å². The zero-order valence-electron chi connectivity index (χ0n) is 40.2. The number of nitrogens with two attached hydrogens (primary N) is 1. The van der Waals surface area contributed by atoms with Crippen molar-refractivity contribution in [3.05, 3.63) is 0 Å². The molecule has 5 amide bonds. The molecule has 0 saturated carbocycles. The number of carbonyl (C=O) groups excluding carboxylic acids is 5. The number of alkyl halides is 1. The molecule has 7 unspecified atom stereocenters. The second-order valence-electron chi connectivity index (χ2n) is 19.6. The highest BCUT2D eigenvalue weighted by atomic mass is 127. The van der Waals surface area contributed by atoms with Crippen molar-refractivity contribution in [3.8, 4) is 0 Å². The van der Waals surface area contributed by atoms with E-state index in [9.17, 15) is 28.8 Å². The van der Waals surface area contributed by atoms with Gasteiger partial charge in [-0.25, -0.2) is 0 Å². The Kier molecular flexibility index (Phi) is 24.3.